The van der Waals surface area contributed by atoms with Crippen molar-refractivity contribution in [1.29, 1.82) is 0 Å². The minimum atomic E-state index is -0.241. The van der Waals surface area contributed by atoms with Gasteiger partial charge in [0.2, 0.25) is 0 Å². The summed E-state index contributed by atoms with van der Waals surface area (Å²) in [5, 5.41) is 13.1. The Labute approximate surface area is 73.1 Å². The minimum absolute atomic E-state index is 0.204. The Kier molecular flexibility index (Phi) is 2.10. The molecule has 2 atom stereocenters. The number of rotatable bonds is 0. The van der Waals surface area contributed by atoms with Gasteiger partial charge in [-0.05, 0) is 32.9 Å². The van der Waals surface area contributed by atoms with Crippen LogP contribution in [0.2, 0.25) is 0 Å². The Morgan fingerprint density at radius 2 is 2.08 bits per heavy atom. The van der Waals surface area contributed by atoms with Gasteiger partial charge in [-0.3, -0.25) is 0 Å². The molecule has 70 valence electrons. The molecule has 0 saturated carbocycles. The zero-order valence-corrected chi connectivity index (χ0v) is 7.55. The van der Waals surface area contributed by atoms with E-state index in [0.29, 0.717) is 0 Å². The predicted molar refractivity (Wildman–Crippen MR) is 46.0 cm³/mol. The summed E-state index contributed by atoms with van der Waals surface area (Å²) < 4.78 is 5.81. The van der Waals surface area contributed by atoms with Crippen molar-refractivity contribution in [3.63, 3.8) is 0 Å². The van der Waals surface area contributed by atoms with Crippen molar-refractivity contribution >= 4 is 0 Å². The van der Waals surface area contributed by atoms with E-state index in [1.807, 2.05) is 6.92 Å². The van der Waals surface area contributed by atoms with Gasteiger partial charge in [0.1, 0.15) is 0 Å². The smallest absolute Gasteiger partial charge is 0.0968 e. The topological polar surface area (TPSA) is 41.5 Å². The van der Waals surface area contributed by atoms with Crippen molar-refractivity contribution in [1.82, 2.24) is 5.32 Å². The lowest BCUT2D eigenvalue weighted by molar-refractivity contribution is -0.0954. The van der Waals surface area contributed by atoms with Crippen LogP contribution in [-0.4, -0.2) is 36.0 Å². The highest BCUT2D eigenvalue weighted by Gasteiger charge is 2.46. The Morgan fingerprint density at radius 3 is 2.58 bits per heavy atom. The lowest BCUT2D eigenvalue weighted by Gasteiger charge is -2.35. The summed E-state index contributed by atoms with van der Waals surface area (Å²) in [6, 6.07) is 0. The van der Waals surface area contributed by atoms with Crippen molar-refractivity contribution in [2.45, 2.75) is 44.0 Å². The lowest BCUT2D eigenvalue weighted by atomic mass is 9.87. The van der Waals surface area contributed by atoms with E-state index < -0.39 is 0 Å². The minimum Gasteiger partial charge on any atom is -0.390 e. The molecule has 2 unspecified atom stereocenters. The number of aliphatic hydroxyl groups excluding tert-OH is 1. The summed E-state index contributed by atoms with van der Waals surface area (Å²) in [4.78, 5) is 0. The number of ether oxygens (including phenoxy) is 1. The van der Waals surface area contributed by atoms with Crippen LogP contribution in [0.4, 0.5) is 0 Å². The van der Waals surface area contributed by atoms with Crippen molar-refractivity contribution in [2.75, 3.05) is 13.1 Å². The molecule has 2 rings (SSSR count). The second kappa shape index (κ2) is 2.98. The molecule has 2 saturated heterocycles. The standard InChI is InChI=1S/C9H17NO2/c1-7-6-8(11)9(12-7)2-4-10-5-3-9/h7-8,10-11H,2-6H2,1H3. The van der Waals surface area contributed by atoms with Crippen LogP contribution in [0.1, 0.15) is 26.2 Å². The first-order valence-electron chi connectivity index (χ1n) is 4.79. The molecule has 0 bridgehead atoms. The van der Waals surface area contributed by atoms with E-state index in [9.17, 15) is 5.11 Å². The molecule has 3 nitrogen and oxygen atoms in total. The van der Waals surface area contributed by atoms with Crippen LogP contribution in [0.3, 0.4) is 0 Å². The first kappa shape index (κ1) is 8.48. The highest BCUT2D eigenvalue weighted by Crippen LogP contribution is 2.37. The molecule has 0 aliphatic carbocycles. The first-order valence-corrected chi connectivity index (χ1v) is 4.79. The summed E-state index contributed by atoms with van der Waals surface area (Å²) in [5.41, 5.74) is -0.204. The fourth-order valence-corrected chi connectivity index (χ4v) is 2.36. The monoisotopic (exact) mass is 171 g/mol. The number of aliphatic hydroxyl groups is 1. The van der Waals surface area contributed by atoms with Crippen LogP contribution in [0, 0.1) is 0 Å². The number of piperidine rings is 1. The van der Waals surface area contributed by atoms with Crippen LogP contribution >= 0.6 is 0 Å². The maximum Gasteiger partial charge on any atom is 0.0968 e. The van der Waals surface area contributed by atoms with E-state index >= 15 is 0 Å². The quantitative estimate of drug-likeness (QED) is 0.550. The van der Waals surface area contributed by atoms with E-state index in [1.54, 1.807) is 0 Å². The van der Waals surface area contributed by atoms with E-state index in [4.69, 9.17) is 4.74 Å². The maximum atomic E-state index is 9.82. The molecule has 2 heterocycles. The third-order valence-electron chi connectivity index (χ3n) is 3.05. The summed E-state index contributed by atoms with van der Waals surface area (Å²) in [5.74, 6) is 0. The number of nitrogens with one attached hydrogen (secondary N) is 1. The molecule has 2 fully saturated rings. The van der Waals surface area contributed by atoms with Gasteiger partial charge in [0.15, 0.2) is 0 Å². The molecule has 12 heavy (non-hydrogen) atoms. The van der Waals surface area contributed by atoms with Crippen molar-refractivity contribution in [3.05, 3.63) is 0 Å². The number of hydrogen-bond acceptors (Lipinski definition) is 3. The van der Waals surface area contributed by atoms with Gasteiger partial charge < -0.3 is 15.2 Å². The van der Waals surface area contributed by atoms with Gasteiger partial charge in [-0.25, -0.2) is 0 Å². The second-order valence-electron chi connectivity index (χ2n) is 3.99. The molecule has 3 heteroatoms. The van der Waals surface area contributed by atoms with Crippen molar-refractivity contribution < 1.29 is 9.84 Å². The van der Waals surface area contributed by atoms with E-state index in [1.165, 1.54) is 0 Å². The highest BCUT2D eigenvalue weighted by molar-refractivity contribution is 4.98. The van der Waals surface area contributed by atoms with Crippen LogP contribution in [0.15, 0.2) is 0 Å². The molecule has 2 aliphatic rings. The van der Waals surface area contributed by atoms with Gasteiger partial charge in [-0.1, -0.05) is 0 Å². The van der Waals surface area contributed by atoms with Gasteiger partial charge in [-0.15, -0.1) is 0 Å². The zero-order chi connectivity index (χ0) is 8.60. The van der Waals surface area contributed by atoms with Crippen LogP contribution in [0.5, 0.6) is 0 Å². The van der Waals surface area contributed by atoms with Crippen LogP contribution < -0.4 is 5.32 Å². The molecule has 1 spiro atoms. The maximum absolute atomic E-state index is 9.82. The van der Waals surface area contributed by atoms with Gasteiger partial charge in [0.05, 0.1) is 17.8 Å². The molecule has 0 aromatic rings. The third kappa shape index (κ3) is 1.26. The Morgan fingerprint density at radius 1 is 1.42 bits per heavy atom. The summed E-state index contributed by atoms with van der Waals surface area (Å²) in [6.07, 6.45) is 2.71. The van der Waals surface area contributed by atoms with E-state index in [-0.39, 0.29) is 17.8 Å². The molecule has 0 aromatic heterocycles. The molecule has 2 aliphatic heterocycles. The third-order valence-corrected chi connectivity index (χ3v) is 3.05. The normalized spacial score (nSPS) is 40.5. The summed E-state index contributed by atoms with van der Waals surface area (Å²) >= 11 is 0. The molecular formula is C9H17NO2. The first-order chi connectivity index (χ1) is 5.73. The fraction of sp³-hybridized carbons (Fsp3) is 1.00. The van der Waals surface area contributed by atoms with Crippen molar-refractivity contribution in [3.8, 4) is 0 Å². The molecule has 2 N–H and O–H groups in total. The van der Waals surface area contributed by atoms with E-state index in [2.05, 4.69) is 5.32 Å². The summed E-state index contributed by atoms with van der Waals surface area (Å²) in [7, 11) is 0. The highest BCUT2D eigenvalue weighted by atomic mass is 16.5. The molecule has 0 aromatic carbocycles. The molecule has 0 amide bonds. The largest absolute Gasteiger partial charge is 0.390 e. The fourth-order valence-electron chi connectivity index (χ4n) is 2.36. The number of hydrogen-bond donors (Lipinski definition) is 2. The van der Waals surface area contributed by atoms with Crippen molar-refractivity contribution in [2.24, 2.45) is 0 Å². The van der Waals surface area contributed by atoms with E-state index in [0.717, 1.165) is 32.4 Å². The Hall–Kier alpha value is -0.120. The van der Waals surface area contributed by atoms with Gasteiger partial charge in [0.25, 0.3) is 0 Å². The average Bonchev–Trinajstić information content (AvgIpc) is 2.29. The summed E-state index contributed by atoms with van der Waals surface area (Å²) in [6.45, 7) is 3.99. The van der Waals surface area contributed by atoms with Gasteiger partial charge in [-0.2, -0.15) is 0 Å². The Bertz CT molecular complexity index is 166. The average molecular weight is 171 g/mol. The zero-order valence-electron chi connectivity index (χ0n) is 7.55. The second-order valence-corrected chi connectivity index (χ2v) is 3.99. The lowest BCUT2D eigenvalue weighted by Crippen LogP contribution is -2.48. The SMILES string of the molecule is CC1CC(O)C2(CCNCC2)O1. The predicted octanol–water partition coefficient (Wildman–Crippen LogP) is 0.278. The van der Waals surface area contributed by atoms with Gasteiger partial charge in [0, 0.05) is 6.42 Å². The molecular weight excluding hydrogens is 154 g/mol. The Balaban J connectivity index is 2.08. The van der Waals surface area contributed by atoms with Crippen LogP contribution in [0.25, 0.3) is 0 Å². The van der Waals surface area contributed by atoms with Gasteiger partial charge >= 0.3 is 0 Å². The molecule has 0 radical (unpaired) electrons. The van der Waals surface area contributed by atoms with Crippen LogP contribution in [-0.2, 0) is 4.74 Å².